The molecule has 1 aromatic heterocycles. The van der Waals surface area contributed by atoms with Crippen LogP contribution in [0.2, 0.25) is 0 Å². The zero-order valence-corrected chi connectivity index (χ0v) is 20.6. The zero-order valence-electron chi connectivity index (χ0n) is 19.8. The van der Waals surface area contributed by atoms with E-state index in [1.165, 1.54) is 0 Å². The number of aromatic nitrogens is 1. The van der Waals surface area contributed by atoms with E-state index in [4.69, 9.17) is 23.9 Å². The number of amides is 1. The smallest absolute Gasteiger partial charge is 0.254 e. The van der Waals surface area contributed by atoms with Gasteiger partial charge in [0.25, 0.3) is 5.91 Å². The number of carbonyl (C=O) groups excluding carboxylic acids is 1. The highest BCUT2D eigenvalue weighted by Crippen LogP contribution is 2.33. The Hall–Kier alpha value is -3.14. The SMILES string of the molecule is Cc1cccc(OCc2nc(CN(CCN3CCOCC3)C(=O)c3ccc4c(c3)OCO4)cs2)c1. The fraction of sp³-hybridized carbons (Fsp3) is 0.385. The number of rotatable bonds is 9. The van der Waals surface area contributed by atoms with E-state index in [2.05, 4.69) is 4.90 Å². The molecule has 0 aliphatic carbocycles. The van der Waals surface area contributed by atoms with Crippen LogP contribution in [0.4, 0.5) is 0 Å². The Balaban J connectivity index is 1.26. The van der Waals surface area contributed by atoms with Crippen molar-refractivity contribution in [3.8, 4) is 17.2 Å². The number of nitrogens with zero attached hydrogens (tertiary/aromatic N) is 3. The van der Waals surface area contributed by atoms with E-state index < -0.39 is 0 Å². The highest BCUT2D eigenvalue weighted by atomic mass is 32.1. The average Bonchev–Trinajstić information content (AvgIpc) is 3.54. The van der Waals surface area contributed by atoms with E-state index in [1.807, 2.05) is 41.5 Å². The van der Waals surface area contributed by atoms with Gasteiger partial charge in [0.15, 0.2) is 11.5 Å². The quantitative estimate of drug-likeness (QED) is 0.448. The summed E-state index contributed by atoms with van der Waals surface area (Å²) in [4.78, 5) is 22.4. The Morgan fingerprint density at radius 2 is 2.00 bits per heavy atom. The lowest BCUT2D eigenvalue weighted by atomic mass is 10.1. The lowest BCUT2D eigenvalue weighted by Crippen LogP contribution is -2.43. The molecular formula is C26H29N3O5S. The molecule has 1 saturated heterocycles. The number of benzene rings is 2. The third-order valence-electron chi connectivity index (χ3n) is 6.00. The molecule has 1 amide bonds. The molecule has 184 valence electrons. The van der Waals surface area contributed by atoms with Gasteiger partial charge in [-0.2, -0.15) is 0 Å². The Bertz CT molecular complexity index is 1160. The summed E-state index contributed by atoms with van der Waals surface area (Å²) in [6.07, 6.45) is 0. The van der Waals surface area contributed by atoms with Gasteiger partial charge in [0.1, 0.15) is 17.4 Å². The molecule has 5 rings (SSSR count). The molecule has 0 saturated carbocycles. The maximum Gasteiger partial charge on any atom is 0.254 e. The fourth-order valence-corrected chi connectivity index (χ4v) is 4.78. The predicted octanol–water partition coefficient (Wildman–Crippen LogP) is 3.73. The van der Waals surface area contributed by atoms with E-state index in [9.17, 15) is 4.79 Å². The minimum atomic E-state index is -0.0536. The van der Waals surface area contributed by atoms with E-state index in [1.54, 1.807) is 29.5 Å². The molecule has 9 heteroatoms. The first-order chi connectivity index (χ1) is 17.1. The molecule has 2 aromatic carbocycles. The van der Waals surface area contributed by atoms with Gasteiger partial charge in [-0.3, -0.25) is 9.69 Å². The summed E-state index contributed by atoms with van der Waals surface area (Å²) in [6, 6.07) is 13.3. The monoisotopic (exact) mass is 495 g/mol. The molecule has 0 bridgehead atoms. The van der Waals surface area contributed by atoms with Crippen molar-refractivity contribution in [3.05, 3.63) is 69.7 Å². The molecule has 3 heterocycles. The van der Waals surface area contributed by atoms with Crippen molar-refractivity contribution in [2.24, 2.45) is 0 Å². The van der Waals surface area contributed by atoms with Crippen LogP contribution in [0.15, 0.2) is 47.8 Å². The molecule has 0 N–H and O–H groups in total. The summed E-state index contributed by atoms with van der Waals surface area (Å²) in [5, 5.41) is 2.88. The number of fused-ring (bicyclic) bond motifs is 1. The first-order valence-electron chi connectivity index (χ1n) is 11.8. The van der Waals surface area contributed by atoms with Crippen LogP contribution in [-0.4, -0.2) is 66.9 Å². The second kappa shape index (κ2) is 11.1. The molecule has 0 unspecified atom stereocenters. The van der Waals surface area contributed by atoms with Crippen LogP contribution in [0.3, 0.4) is 0 Å². The second-order valence-corrected chi connectivity index (χ2v) is 9.53. The molecule has 8 nitrogen and oxygen atoms in total. The molecular weight excluding hydrogens is 466 g/mol. The molecule has 0 atom stereocenters. The van der Waals surface area contributed by atoms with E-state index in [-0.39, 0.29) is 12.7 Å². The first kappa shape index (κ1) is 23.6. The van der Waals surface area contributed by atoms with Gasteiger partial charge in [0.2, 0.25) is 6.79 Å². The number of morpholine rings is 1. The molecule has 2 aliphatic heterocycles. The van der Waals surface area contributed by atoms with Crippen LogP contribution in [0, 0.1) is 6.92 Å². The summed E-state index contributed by atoms with van der Waals surface area (Å²) in [5.74, 6) is 2.04. The van der Waals surface area contributed by atoms with Crippen molar-refractivity contribution in [3.63, 3.8) is 0 Å². The Labute approximate surface area is 209 Å². The lowest BCUT2D eigenvalue weighted by molar-refractivity contribution is 0.0319. The molecule has 3 aromatic rings. The Kier molecular flexibility index (Phi) is 7.46. The van der Waals surface area contributed by atoms with Crippen molar-refractivity contribution < 1.29 is 23.7 Å². The topological polar surface area (TPSA) is 73.4 Å². The zero-order chi connectivity index (χ0) is 24.0. The van der Waals surface area contributed by atoms with Gasteiger partial charge in [-0.1, -0.05) is 12.1 Å². The van der Waals surface area contributed by atoms with Gasteiger partial charge >= 0.3 is 0 Å². The second-order valence-electron chi connectivity index (χ2n) is 8.59. The Morgan fingerprint density at radius 3 is 2.86 bits per heavy atom. The number of hydrogen-bond acceptors (Lipinski definition) is 8. The van der Waals surface area contributed by atoms with Gasteiger partial charge in [-0.15, -0.1) is 11.3 Å². The van der Waals surface area contributed by atoms with Crippen molar-refractivity contribution in [1.29, 1.82) is 0 Å². The molecule has 2 aliphatic rings. The van der Waals surface area contributed by atoms with Crippen LogP contribution < -0.4 is 14.2 Å². The van der Waals surface area contributed by atoms with Gasteiger partial charge in [0.05, 0.1) is 25.5 Å². The average molecular weight is 496 g/mol. The Morgan fingerprint density at radius 1 is 1.14 bits per heavy atom. The van der Waals surface area contributed by atoms with Gasteiger partial charge in [-0.05, 0) is 42.8 Å². The van der Waals surface area contributed by atoms with Crippen molar-refractivity contribution in [1.82, 2.24) is 14.8 Å². The standard InChI is InChI=1S/C26H29N3O5S/c1-19-3-2-4-22(13-19)32-16-25-27-21(17-35-25)15-29(8-7-28-9-11-31-12-10-28)26(30)20-5-6-23-24(14-20)34-18-33-23/h2-6,13-14,17H,7-12,15-16,18H2,1H3. The van der Waals surface area contributed by atoms with Gasteiger partial charge < -0.3 is 23.8 Å². The number of ether oxygens (including phenoxy) is 4. The number of carbonyl (C=O) groups is 1. The first-order valence-corrected chi connectivity index (χ1v) is 12.6. The molecule has 1 fully saturated rings. The van der Waals surface area contributed by atoms with E-state index in [0.717, 1.165) is 54.9 Å². The maximum atomic E-state index is 13.5. The third-order valence-corrected chi connectivity index (χ3v) is 6.87. The van der Waals surface area contributed by atoms with Crippen LogP contribution in [0.5, 0.6) is 17.2 Å². The van der Waals surface area contributed by atoms with Crippen LogP contribution >= 0.6 is 11.3 Å². The van der Waals surface area contributed by atoms with E-state index in [0.29, 0.717) is 36.8 Å². The molecule has 0 spiro atoms. The van der Waals surface area contributed by atoms with E-state index >= 15 is 0 Å². The fourth-order valence-electron chi connectivity index (χ4n) is 4.09. The largest absolute Gasteiger partial charge is 0.486 e. The highest BCUT2D eigenvalue weighted by molar-refractivity contribution is 7.09. The minimum Gasteiger partial charge on any atom is -0.486 e. The summed E-state index contributed by atoms with van der Waals surface area (Å²) in [6.45, 7) is 7.64. The number of hydrogen-bond donors (Lipinski definition) is 0. The molecule has 35 heavy (non-hydrogen) atoms. The molecule has 0 radical (unpaired) electrons. The summed E-state index contributed by atoms with van der Waals surface area (Å²) >= 11 is 1.55. The summed E-state index contributed by atoms with van der Waals surface area (Å²) in [5.41, 5.74) is 2.59. The minimum absolute atomic E-state index is 0.0536. The number of aryl methyl sites for hydroxylation is 1. The van der Waals surface area contributed by atoms with Crippen LogP contribution in [-0.2, 0) is 17.9 Å². The summed E-state index contributed by atoms with van der Waals surface area (Å²) < 4.78 is 22.2. The van der Waals surface area contributed by atoms with Crippen LogP contribution in [0.25, 0.3) is 0 Å². The van der Waals surface area contributed by atoms with Crippen molar-refractivity contribution in [2.45, 2.75) is 20.1 Å². The maximum absolute atomic E-state index is 13.5. The van der Waals surface area contributed by atoms with Gasteiger partial charge in [-0.25, -0.2) is 4.98 Å². The highest BCUT2D eigenvalue weighted by Gasteiger charge is 2.22. The predicted molar refractivity (Wildman–Crippen MR) is 132 cm³/mol. The normalized spacial score (nSPS) is 15.2. The van der Waals surface area contributed by atoms with Crippen LogP contribution in [0.1, 0.15) is 26.6 Å². The lowest BCUT2D eigenvalue weighted by Gasteiger charge is -2.30. The summed E-state index contributed by atoms with van der Waals surface area (Å²) in [7, 11) is 0. The third kappa shape index (κ3) is 6.11. The van der Waals surface area contributed by atoms with Crippen molar-refractivity contribution >= 4 is 17.2 Å². The van der Waals surface area contributed by atoms with Gasteiger partial charge in [0, 0.05) is 37.1 Å². The number of thiazole rings is 1. The van der Waals surface area contributed by atoms with Crippen molar-refractivity contribution in [2.75, 3.05) is 46.2 Å².